The van der Waals surface area contributed by atoms with Crippen LogP contribution < -0.4 is 0 Å². The molecule has 0 N–H and O–H groups in total. The molecule has 0 saturated heterocycles. The summed E-state index contributed by atoms with van der Waals surface area (Å²) in [5, 5.41) is 0. The molecule has 1 atom stereocenters. The van der Waals surface area contributed by atoms with E-state index in [2.05, 4.69) is 45.1 Å². The largest absolute Gasteiger partial charge is 0.462 e. The van der Waals surface area contributed by atoms with Crippen LogP contribution in [0, 0.1) is 0 Å². The number of carbonyl (C=O) groups is 3. The van der Waals surface area contributed by atoms with Gasteiger partial charge in [0.2, 0.25) is 0 Å². The Morgan fingerprint density at radius 3 is 0.714 bits per heavy atom. The molecule has 0 aromatic carbocycles. The highest BCUT2D eigenvalue weighted by Crippen LogP contribution is 2.19. The summed E-state index contributed by atoms with van der Waals surface area (Å²) in [6.07, 6.45) is 81.2. The minimum absolute atomic E-state index is 0.0639. The van der Waals surface area contributed by atoms with E-state index in [1.165, 1.54) is 289 Å². The van der Waals surface area contributed by atoms with Gasteiger partial charge < -0.3 is 14.2 Å². The number of allylic oxidation sites excluding steroid dienone is 4. The molecular formula is C71H134O6. The average molecular weight is 1080 g/mol. The molecule has 0 aliphatic heterocycles. The van der Waals surface area contributed by atoms with Gasteiger partial charge in [0.1, 0.15) is 13.2 Å². The zero-order chi connectivity index (χ0) is 55.7. The van der Waals surface area contributed by atoms with Crippen LogP contribution in [0.4, 0.5) is 0 Å². The van der Waals surface area contributed by atoms with Crippen molar-refractivity contribution in [3.63, 3.8) is 0 Å². The molecule has 6 nitrogen and oxygen atoms in total. The number of esters is 3. The minimum Gasteiger partial charge on any atom is -0.462 e. The summed E-state index contributed by atoms with van der Waals surface area (Å²) in [4.78, 5) is 38.0. The molecule has 0 radical (unpaired) electrons. The predicted molar refractivity (Wildman–Crippen MR) is 335 cm³/mol. The molecule has 0 aromatic heterocycles. The first kappa shape index (κ1) is 74.9. The summed E-state index contributed by atoms with van der Waals surface area (Å²) in [6, 6.07) is 0. The molecule has 0 fully saturated rings. The molecule has 0 aromatic rings. The molecule has 0 amide bonds. The number of rotatable bonds is 65. The van der Waals surface area contributed by atoms with Crippen molar-refractivity contribution in [1.82, 2.24) is 0 Å². The van der Waals surface area contributed by atoms with Gasteiger partial charge in [0.05, 0.1) is 0 Å². The highest BCUT2D eigenvalue weighted by atomic mass is 16.6. The van der Waals surface area contributed by atoms with Crippen LogP contribution in [0.3, 0.4) is 0 Å². The molecule has 0 saturated carbocycles. The second-order valence-electron chi connectivity index (χ2n) is 23.8. The van der Waals surface area contributed by atoms with Crippen LogP contribution >= 0.6 is 0 Å². The third-order valence-corrected chi connectivity index (χ3v) is 16.0. The summed E-state index contributed by atoms with van der Waals surface area (Å²) in [7, 11) is 0. The minimum atomic E-state index is -0.763. The molecule has 0 bridgehead atoms. The molecule has 1 unspecified atom stereocenters. The zero-order valence-corrected chi connectivity index (χ0v) is 52.3. The van der Waals surface area contributed by atoms with Crippen LogP contribution in [-0.4, -0.2) is 37.2 Å². The van der Waals surface area contributed by atoms with Crippen molar-refractivity contribution < 1.29 is 28.6 Å². The van der Waals surface area contributed by atoms with Crippen LogP contribution in [0.25, 0.3) is 0 Å². The number of hydrogen-bond donors (Lipinski definition) is 0. The van der Waals surface area contributed by atoms with Crippen LogP contribution in [-0.2, 0) is 28.6 Å². The Hall–Kier alpha value is -2.11. The molecule has 0 rings (SSSR count). The van der Waals surface area contributed by atoms with Crippen molar-refractivity contribution in [3.05, 3.63) is 24.3 Å². The van der Waals surface area contributed by atoms with E-state index in [1.807, 2.05) is 0 Å². The Labute approximate surface area is 481 Å². The van der Waals surface area contributed by atoms with Gasteiger partial charge in [-0.15, -0.1) is 0 Å². The monoisotopic (exact) mass is 1080 g/mol. The van der Waals surface area contributed by atoms with E-state index < -0.39 is 6.10 Å². The lowest BCUT2D eigenvalue weighted by Gasteiger charge is -2.18. The average Bonchev–Trinajstić information content (AvgIpc) is 3.43. The topological polar surface area (TPSA) is 78.9 Å². The molecule has 77 heavy (non-hydrogen) atoms. The maximum atomic E-state index is 12.8. The van der Waals surface area contributed by atoms with Gasteiger partial charge in [0, 0.05) is 19.3 Å². The standard InChI is InChI=1S/C71H134O6/c1-4-7-10-13-16-18-20-22-24-26-28-29-30-31-32-33-34-35-36-37-38-39-40-41-42-43-44-46-47-49-51-53-55-58-61-64-70(73)76-67-68(66-75-69(72)63-60-57-15-12-9-6-3)77-71(74)65-62-59-56-54-52-50-48-45-27-25-23-21-19-17-14-11-8-5-2/h20,22,26,28,68H,4-19,21,23-25,27,29-67H2,1-3H3/b22-20-,28-26-. The van der Waals surface area contributed by atoms with Gasteiger partial charge in [-0.2, -0.15) is 0 Å². The second-order valence-corrected chi connectivity index (χ2v) is 23.8. The first-order chi connectivity index (χ1) is 38.0. The number of unbranched alkanes of at least 4 members (excludes halogenated alkanes) is 50. The maximum absolute atomic E-state index is 12.8. The van der Waals surface area contributed by atoms with E-state index in [9.17, 15) is 14.4 Å². The van der Waals surface area contributed by atoms with Gasteiger partial charge in [-0.05, 0) is 51.4 Å². The molecular weight excluding hydrogens is 949 g/mol. The van der Waals surface area contributed by atoms with E-state index >= 15 is 0 Å². The van der Waals surface area contributed by atoms with E-state index in [4.69, 9.17) is 14.2 Å². The van der Waals surface area contributed by atoms with Gasteiger partial charge in [-0.1, -0.05) is 347 Å². The summed E-state index contributed by atoms with van der Waals surface area (Å²) < 4.78 is 16.8. The van der Waals surface area contributed by atoms with Crippen molar-refractivity contribution >= 4 is 17.9 Å². The molecule has 0 aliphatic carbocycles. The third kappa shape index (κ3) is 64.6. The Balaban J connectivity index is 3.88. The van der Waals surface area contributed by atoms with E-state index in [1.54, 1.807) is 0 Å². The fourth-order valence-corrected chi connectivity index (χ4v) is 10.7. The SMILES string of the molecule is CCCCCCC/C=C\C/C=C\CCCCCCCCCCCCCCCCCCCCCCCCCC(=O)OCC(COC(=O)CCCCCCCC)OC(=O)CCCCCCCCCCCCCCCCCCCC. The van der Waals surface area contributed by atoms with Crippen molar-refractivity contribution in [1.29, 1.82) is 0 Å². The second kappa shape index (κ2) is 66.4. The Kier molecular flexibility index (Phi) is 64.6. The van der Waals surface area contributed by atoms with Gasteiger partial charge in [0.25, 0.3) is 0 Å². The van der Waals surface area contributed by atoms with Crippen molar-refractivity contribution in [2.75, 3.05) is 13.2 Å². The fourth-order valence-electron chi connectivity index (χ4n) is 10.7. The third-order valence-electron chi connectivity index (χ3n) is 16.0. The normalized spacial score (nSPS) is 12.1. The van der Waals surface area contributed by atoms with Crippen LogP contribution in [0.5, 0.6) is 0 Å². The van der Waals surface area contributed by atoms with E-state index in [-0.39, 0.29) is 31.1 Å². The summed E-state index contributed by atoms with van der Waals surface area (Å²) in [5.41, 5.74) is 0. The quantitative estimate of drug-likeness (QED) is 0.0261. The number of carbonyl (C=O) groups excluding carboxylic acids is 3. The number of hydrogen-bond acceptors (Lipinski definition) is 6. The van der Waals surface area contributed by atoms with Gasteiger partial charge in [-0.25, -0.2) is 0 Å². The summed E-state index contributed by atoms with van der Waals surface area (Å²) in [6.45, 7) is 6.64. The maximum Gasteiger partial charge on any atom is 0.306 e. The van der Waals surface area contributed by atoms with Gasteiger partial charge in [-0.3, -0.25) is 14.4 Å². The highest BCUT2D eigenvalue weighted by molar-refractivity contribution is 5.71. The van der Waals surface area contributed by atoms with Crippen molar-refractivity contribution in [2.24, 2.45) is 0 Å². The molecule has 0 spiro atoms. The molecule has 0 aliphatic rings. The van der Waals surface area contributed by atoms with Crippen LogP contribution in [0.2, 0.25) is 0 Å². The first-order valence-electron chi connectivity index (χ1n) is 34.8. The van der Waals surface area contributed by atoms with E-state index in [0.29, 0.717) is 19.3 Å². The van der Waals surface area contributed by atoms with E-state index in [0.717, 1.165) is 64.2 Å². The van der Waals surface area contributed by atoms with Crippen molar-refractivity contribution in [3.8, 4) is 0 Å². The van der Waals surface area contributed by atoms with Crippen LogP contribution in [0.1, 0.15) is 393 Å². The number of ether oxygens (including phenoxy) is 3. The molecule has 0 heterocycles. The molecule has 454 valence electrons. The highest BCUT2D eigenvalue weighted by Gasteiger charge is 2.19. The summed E-state index contributed by atoms with van der Waals surface area (Å²) in [5.74, 6) is -0.845. The summed E-state index contributed by atoms with van der Waals surface area (Å²) >= 11 is 0. The van der Waals surface area contributed by atoms with Crippen molar-refractivity contribution in [2.45, 2.75) is 399 Å². The Bertz CT molecular complexity index is 1240. The fraction of sp³-hybridized carbons (Fsp3) is 0.901. The Morgan fingerprint density at radius 1 is 0.260 bits per heavy atom. The first-order valence-corrected chi connectivity index (χ1v) is 34.8. The van der Waals surface area contributed by atoms with Gasteiger partial charge in [0.15, 0.2) is 6.10 Å². The zero-order valence-electron chi connectivity index (χ0n) is 52.3. The predicted octanol–water partition coefficient (Wildman–Crippen LogP) is 23.8. The van der Waals surface area contributed by atoms with Gasteiger partial charge >= 0.3 is 17.9 Å². The lowest BCUT2D eigenvalue weighted by Crippen LogP contribution is -2.30. The lowest BCUT2D eigenvalue weighted by molar-refractivity contribution is -0.167. The lowest BCUT2D eigenvalue weighted by atomic mass is 10.0. The molecule has 6 heteroatoms. The Morgan fingerprint density at radius 2 is 0.468 bits per heavy atom. The smallest absolute Gasteiger partial charge is 0.306 e. The van der Waals surface area contributed by atoms with Crippen LogP contribution in [0.15, 0.2) is 24.3 Å².